The summed E-state index contributed by atoms with van der Waals surface area (Å²) in [4.78, 5) is 4.53. The Morgan fingerprint density at radius 3 is 2.71 bits per heavy atom. The van der Waals surface area contributed by atoms with E-state index in [-0.39, 0.29) is 43.4 Å². The second-order valence-corrected chi connectivity index (χ2v) is 7.34. The number of rotatable bonds is 9. The molecule has 170 valence electrons. The Morgan fingerprint density at radius 1 is 1.13 bits per heavy atom. The van der Waals surface area contributed by atoms with Crippen molar-refractivity contribution in [3.05, 3.63) is 53.6 Å². The number of guanidine groups is 1. The molecule has 8 heteroatoms. The van der Waals surface area contributed by atoms with Crippen molar-refractivity contribution in [2.24, 2.45) is 4.99 Å². The second-order valence-electron chi connectivity index (χ2n) is 7.34. The van der Waals surface area contributed by atoms with E-state index in [0.29, 0.717) is 12.5 Å². The van der Waals surface area contributed by atoms with Crippen LogP contribution in [0, 0.1) is 0 Å². The minimum Gasteiger partial charge on any atom is -0.491 e. The molecule has 0 radical (unpaired) electrons. The lowest BCUT2D eigenvalue weighted by Crippen LogP contribution is -2.38. The van der Waals surface area contributed by atoms with Crippen LogP contribution in [0.1, 0.15) is 38.0 Å². The third-order valence-electron chi connectivity index (χ3n) is 4.52. The molecule has 0 saturated heterocycles. The highest BCUT2D eigenvalue weighted by molar-refractivity contribution is 14.0. The largest absolute Gasteiger partial charge is 0.491 e. The van der Waals surface area contributed by atoms with E-state index in [1.807, 2.05) is 63.2 Å². The zero-order valence-electron chi connectivity index (χ0n) is 18.3. The summed E-state index contributed by atoms with van der Waals surface area (Å²) in [6, 6.07) is 13.5. The fourth-order valence-electron chi connectivity index (χ4n) is 3.11. The van der Waals surface area contributed by atoms with Gasteiger partial charge >= 0.3 is 0 Å². The molecule has 0 aromatic heterocycles. The molecular weight excluding hydrogens is 509 g/mol. The summed E-state index contributed by atoms with van der Waals surface area (Å²) in [6.07, 6.45) is 0.202. The van der Waals surface area contributed by atoms with Crippen molar-refractivity contribution in [2.45, 2.75) is 39.4 Å². The Kier molecular flexibility index (Phi) is 10.2. The Hall–Kier alpha value is -2.20. The summed E-state index contributed by atoms with van der Waals surface area (Å²) in [5.41, 5.74) is 1.94. The van der Waals surface area contributed by atoms with E-state index in [1.54, 1.807) is 0 Å². The SMILES string of the molecule is CCNC(=NCC(O)c1cccc(OC(C)C)c1)NCCc1ccc2c(c1)OCO2.I. The molecule has 1 aliphatic heterocycles. The van der Waals surface area contributed by atoms with Crippen LogP contribution >= 0.6 is 24.0 Å². The quantitative estimate of drug-likeness (QED) is 0.256. The average molecular weight is 541 g/mol. The number of nitrogens with zero attached hydrogens (tertiary/aromatic N) is 1. The van der Waals surface area contributed by atoms with Gasteiger partial charge in [-0.2, -0.15) is 0 Å². The number of aliphatic hydroxyl groups excluding tert-OH is 1. The van der Waals surface area contributed by atoms with E-state index in [9.17, 15) is 5.11 Å². The van der Waals surface area contributed by atoms with Gasteiger partial charge in [-0.05, 0) is 62.6 Å². The van der Waals surface area contributed by atoms with Gasteiger partial charge in [0, 0.05) is 13.1 Å². The Balaban J connectivity index is 0.00000341. The number of fused-ring (bicyclic) bond motifs is 1. The van der Waals surface area contributed by atoms with Crippen LogP contribution in [-0.2, 0) is 6.42 Å². The number of ether oxygens (including phenoxy) is 3. The van der Waals surface area contributed by atoms with Gasteiger partial charge in [0.1, 0.15) is 5.75 Å². The second kappa shape index (κ2) is 12.6. The van der Waals surface area contributed by atoms with E-state index >= 15 is 0 Å². The third kappa shape index (κ3) is 7.77. The van der Waals surface area contributed by atoms with Crippen molar-refractivity contribution in [1.82, 2.24) is 10.6 Å². The fraction of sp³-hybridized carbons (Fsp3) is 0.435. The lowest BCUT2D eigenvalue weighted by Gasteiger charge is -2.15. The summed E-state index contributed by atoms with van der Waals surface area (Å²) < 4.78 is 16.5. The molecule has 2 aromatic carbocycles. The molecule has 0 bridgehead atoms. The van der Waals surface area contributed by atoms with Crippen LogP contribution < -0.4 is 24.8 Å². The number of hydrogen-bond acceptors (Lipinski definition) is 5. The molecule has 1 atom stereocenters. The molecule has 31 heavy (non-hydrogen) atoms. The van der Waals surface area contributed by atoms with Crippen molar-refractivity contribution >= 4 is 29.9 Å². The maximum absolute atomic E-state index is 10.5. The van der Waals surface area contributed by atoms with Gasteiger partial charge in [0.25, 0.3) is 0 Å². The summed E-state index contributed by atoms with van der Waals surface area (Å²) in [5.74, 6) is 3.00. The van der Waals surface area contributed by atoms with Gasteiger partial charge in [0.2, 0.25) is 6.79 Å². The predicted octanol–water partition coefficient (Wildman–Crippen LogP) is 3.65. The zero-order valence-corrected chi connectivity index (χ0v) is 20.6. The summed E-state index contributed by atoms with van der Waals surface area (Å²) in [6.45, 7) is 7.95. The number of benzene rings is 2. The standard InChI is InChI=1S/C23H31N3O4.HI/c1-4-24-23(25-11-10-17-8-9-21-22(12-17)29-15-28-21)26-14-20(27)18-6-5-7-19(13-18)30-16(2)3;/h5-9,12-13,16,20,27H,4,10-11,14-15H2,1-3H3,(H2,24,25,26);1H. The first-order valence-corrected chi connectivity index (χ1v) is 10.4. The summed E-state index contributed by atoms with van der Waals surface area (Å²) in [5, 5.41) is 17.1. The van der Waals surface area contributed by atoms with Crippen LogP contribution in [0.5, 0.6) is 17.2 Å². The highest BCUT2D eigenvalue weighted by atomic mass is 127. The maximum atomic E-state index is 10.5. The summed E-state index contributed by atoms with van der Waals surface area (Å²) in [7, 11) is 0. The molecule has 0 aliphatic carbocycles. The van der Waals surface area contributed by atoms with Gasteiger partial charge in [0.15, 0.2) is 17.5 Å². The fourth-order valence-corrected chi connectivity index (χ4v) is 3.11. The molecule has 0 amide bonds. The first-order chi connectivity index (χ1) is 14.5. The van der Waals surface area contributed by atoms with Crippen molar-refractivity contribution in [3.63, 3.8) is 0 Å². The van der Waals surface area contributed by atoms with Crippen LogP contribution in [0.3, 0.4) is 0 Å². The minimum atomic E-state index is -0.704. The number of nitrogens with one attached hydrogen (secondary N) is 2. The van der Waals surface area contributed by atoms with Crippen LogP contribution in [0.4, 0.5) is 0 Å². The van der Waals surface area contributed by atoms with Crippen molar-refractivity contribution < 1.29 is 19.3 Å². The van der Waals surface area contributed by atoms with Gasteiger partial charge in [0.05, 0.1) is 18.8 Å². The minimum absolute atomic E-state index is 0. The van der Waals surface area contributed by atoms with Gasteiger partial charge < -0.3 is 30.0 Å². The summed E-state index contributed by atoms with van der Waals surface area (Å²) >= 11 is 0. The molecule has 0 spiro atoms. The number of hydrogen-bond donors (Lipinski definition) is 3. The molecular formula is C23H32IN3O4. The van der Waals surface area contributed by atoms with Crippen molar-refractivity contribution in [3.8, 4) is 17.2 Å². The molecule has 1 unspecified atom stereocenters. The monoisotopic (exact) mass is 541 g/mol. The third-order valence-corrected chi connectivity index (χ3v) is 4.52. The van der Waals surface area contributed by atoms with E-state index in [2.05, 4.69) is 15.6 Å². The van der Waals surface area contributed by atoms with Crippen LogP contribution in [0.15, 0.2) is 47.5 Å². The average Bonchev–Trinajstić information content (AvgIpc) is 3.19. The van der Waals surface area contributed by atoms with Crippen molar-refractivity contribution in [1.29, 1.82) is 0 Å². The molecule has 0 fully saturated rings. The molecule has 3 N–H and O–H groups in total. The predicted molar refractivity (Wildman–Crippen MR) is 133 cm³/mol. The highest BCUT2D eigenvalue weighted by Crippen LogP contribution is 2.32. The van der Waals surface area contributed by atoms with E-state index in [1.165, 1.54) is 0 Å². The van der Waals surface area contributed by atoms with Gasteiger partial charge in [-0.3, -0.25) is 4.99 Å². The number of aliphatic hydroxyl groups is 1. The molecule has 3 rings (SSSR count). The molecule has 2 aromatic rings. The number of halogens is 1. The van der Waals surface area contributed by atoms with Gasteiger partial charge in [-0.15, -0.1) is 24.0 Å². The van der Waals surface area contributed by atoms with E-state index in [4.69, 9.17) is 14.2 Å². The first kappa shape index (κ1) is 25.1. The zero-order chi connectivity index (χ0) is 21.3. The highest BCUT2D eigenvalue weighted by Gasteiger charge is 2.13. The van der Waals surface area contributed by atoms with Crippen LogP contribution in [-0.4, -0.2) is 43.6 Å². The molecule has 1 aliphatic rings. The van der Waals surface area contributed by atoms with E-state index in [0.717, 1.165) is 41.3 Å². The van der Waals surface area contributed by atoms with Gasteiger partial charge in [-0.25, -0.2) is 0 Å². The first-order valence-electron chi connectivity index (χ1n) is 10.4. The van der Waals surface area contributed by atoms with Crippen LogP contribution in [0.2, 0.25) is 0 Å². The molecule has 7 nitrogen and oxygen atoms in total. The smallest absolute Gasteiger partial charge is 0.231 e. The van der Waals surface area contributed by atoms with E-state index < -0.39 is 6.10 Å². The Bertz CT molecular complexity index is 860. The Morgan fingerprint density at radius 2 is 1.94 bits per heavy atom. The topological polar surface area (TPSA) is 84.3 Å². The molecule has 0 saturated carbocycles. The lowest BCUT2D eigenvalue weighted by molar-refractivity contribution is 0.174. The number of aliphatic imine (C=N–C) groups is 1. The van der Waals surface area contributed by atoms with Crippen molar-refractivity contribution in [2.75, 3.05) is 26.4 Å². The van der Waals surface area contributed by atoms with Gasteiger partial charge in [-0.1, -0.05) is 18.2 Å². The normalized spacial score (nSPS) is 13.5. The van der Waals surface area contributed by atoms with Crippen LogP contribution in [0.25, 0.3) is 0 Å². The Labute approximate surface area is 201 Å². The molecule has 1 heterocycles. The lowest BCUT2D eigenvalue weighted by atomic mass is 10.1. The maximum Gasteiger partial charge on any atom is 0.231 e.